The van der Waals surface area contributed by atoms with Crippen LogP contribution in [0.3, 0.4) is 0 Å². The number of hydrogen-bond acceptors (Lipinski definition) is 5. The average molecular weight is 308 g/mol. The summed E-state index contributed by atoms with van der Waals surface area (Å²) in [4.78, 5) is 11.7. The maximum atomic E-state index is 5.83. The maximum absolute atomic E-state index is 5.83. The lowest BCUT2D eigenvalue weighted by atomic mass is 10.1. The van der Waals surface area contributed by atoms with Crippen molar-refractivity contribution < 1.29 is 4.74 Å². The molecule has 0 aliphatic carbocycles. The minimum absolute atomic E-state index is 0.00689. The number of fused-ring (bicyclic) bond motifs is 2. The van der Waals surface area contributed by atoms with Crippen LogP contribution in [0.4, 0.5) is 5.95 Å². The summed E-state index contributed by atoms with van der Waals surface area (Å²) in [6.07, 6.45) is 5.58. The van der Waals surface area contributed by atoms with Crippen molar-refractivity contribution in [2.75, 3.05) is 5.73 Å². The van der Waals surface area contributed by atoms with Gasteiger partial charge >= 0.3 is 0 Å². The Morgan fingerprint density at radius 3 is 2.96 bits per heavy atom. The Bertz CT molecular complexity index is 1000. The lowest BCUT2D eigenvalue weighted by Crippen LogP contribution is -2.09. The molecule has 0 unspecified atom stereocenters. The van der Waals surface area contributed by atoms with Gasteiger partial charge in [-0.1, -0.05) is 0 Å². The summed E-state index contributed by atoms with van der Waals surface area (Å²) in [6.45, 7) is 3.91. The zero-order valence-electron chi connectivity index (χ0n) is 12.8. The van der Waals surface area contributed by atoms with Gasteiger partial charge in [0.25, 0.3) is 0 Å². The second-order valence-electron chi connectivity index (χ2n) is 5.60. The van der Waals surface area contributed by atoms with E-state index in [4.69, 9.17) is 10.5 Å². The van der Waals surface area contributed by atoms with Crippen LogP contribution in [-0.4, -0.2) is 30.7 Å². The Kier molecular flexibility index (Phi) is 2.94. The molecule has 0 saturated heterocycles. The van der Waals surface area contributed by atoms with E-state index in [9.17, 15) is 0 Å². The van der Waals surface area contributed by atoms with Crippen molar-refractivity contribution in [3.05, 3.63) is 36.8 Å². The molecule has 4 heterocycles. The number of H-pyrrole nitrogens is 1. The molecule has 4 rings (SSSR count). The Labute approximate surface area is 132 Å². The summed E-state index contributed by atoms with van der Waals surface area (Å²) >= 11 is 0. The SMILES string of the molecule is CC(C)Oc1nc(N)nc2[nH]cc(-c3ccn4nccc4c3)c12. The highest BCUT2D eigenvalue weighted by Gasteiger charge is 2.16. The van der Waals surface area contributed by atoms with E-state index in [1.165, 1.54) is 0 Å². The zero-order chi connectivity index (χ0) is 16.0. The Balaban J connectivity index is 1.95. The first-order valence-corrected chi connectivity index (χ1v) is 7.37. The largest absolute Gasteiger partial charge is 0.474 e. The zero-order valence-corrected chi connectivity index (χ0v) is 12.8. The third-order valence-corrected chi connectivity index (χ3v) is 3.57. The second-order valence-corrected chi connectivity index (χ2v) is 5.60. The quantitative estimate of drug-likeness (QED) is 0.607. The predicted molar refractivity (Wildman–Crippen MR) is 88.3 cm³/mol. The third kappa shape index (κ3) is 2.26. The Hall–Kier alpha value is -3.09. The van der Waals surface area contributed by atoms with E-state index in [1.54, 1.807) is 6.20 Å². The van der Waals surface area contributed by atoms with Crippen molar-refractivity contribution in [2.24, 2.45) is 0 Å². The van der Waals surface area contributed by atoms with Gasteiger partial charge in [0.2, 0.25) is 11.8 Å². The molecule has 4 aromatic heterocycles. The molecular weight excluding hydrogens is 292 g/mol. The van der Waals surface area contributed by atoms with Gasteiger partial charge in [0.1, 0.15) is 5.65 Å². The van der Waals surface area contributed by atoms with Gasteiger partial charge in [0.05, 0.1) is 17.0 Å². The molecule has 7 nitrogen and oxygen atoms in total. The average Bonchev–Trinajstić information content (AvgIpc) is 3.11. The normalized spacial score (nSPS) is 11.6. The van der Waals surface area contributed by atoms with Crippen molar-refractivity contribution >= 4 is 22.5 Å². The van der Waals surface area contributed by atoms with Crippen LogP contribution in [0.2, 0.25) is 0 Å². The van der Waals surface area contributed by atoms with Crippen LogP contribution < -0.4 is 10.5 Å². The molecule has 0 radical (unpaired) electrons. The number of nitrogens with zero attached hydrogens (tertiary/aromatic N) is 4. The molecule has 0 aliphatic rings. The number of nitrogen functional groups attached to an aromatic ring is 1. The van der Waals surface area contributed by atoms with Crippen molar-refractivity contribution in [3.63, 3.8) is 0 Å². The van der Waals surface area contributed by atoms with E-state index in [-0.39, 0.29) is 12.1 Å². The first-order valence-electron chi connectivity index (χ1n) is 7.37. The summed E-state index contributed by atoms with van der Waals surface area (Å²) in [7, 11) is 0. The number of ether oxygens (including phenoxy) is 1. The highest BCUT2D eigenvalue weighted by atomic mass is 16.5. The topological polar surface area (TPSA) is 94.1 Å². The van der Waals surface area contributed by atoms with Crippen LogP contribution in [-0.2, 0) is 0 Å². The number of hydrogen-bond donors (Lipinski definition) is 2. The van der Waals surface area contributed by atoms with Crippen molar-refractivity contribution in [3.8, 4) is 17.0 Å². The number of anilines is 1. The van der Waals surface area contributed by atoms with Gasteiger partial charge < -0.3 is 15.5 Å². The van der Waals surface area contributed by atoms with E-state index >= 15 is 0 Å². The van der Waals surface area contributed by atoms with Crippen LogP contribution in [0.15, 0.2) is 36.8 Å². The number of nitrogens with two attached hydrogens (primary N) is 1. The maximum Gasteiger partial charge on any atom is 0.228 e. The van der Waals surface area contributed by atoms with Gasteiger partial charge in [-0.3, -0.25) is 0 Å². The van der Waals surface area contributed by atoms with Crippen molar-refractivity contribution in [2.45, 2.75) is 20.0 Å². The summed E-state index contributed by atoms with van der Waals surface area (Å²) in [6, 6.07) is 6.02. The van der Waals surface area contributed by atoms with Crippen LogP contribution >= 0.6 is 0 Å². The number of aromatic amines is 1. The summed E-state index contributed by atoms with van der Waals surface area (Å²) in [5, 5.41) is 5.05. The molecule has 0 aromatic carbocycles. The molecule has 3 N–H and O–H groups in total. The van der Waals surface area contributed by atoms with Crippen molar-refractivity contribution in [1.82, 2.24) is 24.6 Å². The molecule has 4 aromatic rings. The molecule has 0 amide bonds. The van der Waals surface area contributed by atoms with Gasteiger partial charge in [-0.2, -0.15) is 15.1 Å². The van der Waals surface area contributed by atoms with E-state index in [0.717, 1.165) is 22.0 Å². The van der Waals surface area contributed by atoms with E-state index in [2.05, 4.69) is 26.1 Å². The monoisotopic (exact) mass is 308 g/mol. The predicted octanol–water partition coefficient (Wildman–Crippen LogP) is 2.64. The number of aromatic nitrogens is 5. The van der Waals surface area contributed by atoms with E-state index < -0.39 is 0 Å². The smallest absolute Gasteiger partial charge is 0.228 e. The van der Waals surface area contributed by atoms with Gasteiger partial charge in [-0.25, -0.2) is 4.52 Å². The number of rotatable bonds is 3. The fourth-order valence-electron chi connectivity index (χ4n) is 2.64. The first kappa shape index (κ1) is 13.6. The summed E-state index contributed by atoms with van der Waals surface area (Å²) < 4.78 is 7.65. The fraction of sp³-hybridized carbons (Fsp3) is 0.188. The molecule has 116 valence electrons. The highest BCUT2D eigenvalue weighted by molar-refractivity contribution is 5.98. The molecular formula is C16H16N6O. The minimum atomic E-state index is -0.00689. The Morgan fingerprint density at radius 1 is 1.26 bits per heavy atom. The van der Waals surface area contributed by atoms with Gasteiger partial charge in [0, 0.05) is 24.2 Å². The van der Waals surface area contributed by atoms with Crippen LogP contribution in [0.1, 0.15) is 13.8 Å². The Morgan fingerprint density at radius 2 is 2.13 bits per heavy atom. The van der Waals surface area contributed by atoms with E-state index in [0.29, 0.717) is 11.5 Å². The van der Waals surface area contributed by atoms with Crippen molar-refractivity contribution in [1.29, 1.82) is 0 Å². The van der Waals surface area contributed by atoms with Crippen LogP contribution in [0, 0.1) is 0 Å². The third-order valence-electron chi connectivity index (χ3n) is 3.57. The van der Waals surface area contributed by atoms with Crippen LogP contribution in [0.25, 0.3) is 27.7 Å². The van der Waals surface area contributed by atoms with Crippen LogP contribution in [0.5, 0.6) is 5.88 Å². The minimum Gasteiger partial charge on any atom is -0.474 e. The molecule has 0 saturated carbocycles. The summed E-state index contributed by atoms with van der Waals surface area (Å²) in [5.41, 5.74) is 9.46. The molecule has 0 spiro atoms. The fourth-order valence-corrected chi connectivity index (χ4v) is 2.64. The molecule has 0 atom stereocenters. The lowest BCUT2D eigenvalue weighted by Gasteiger charge is -2.11. The molecule has 0 aliphatic heterocycles. The number of nitrogens with one attached hydrogen (secondary N) is 1. The lowest BCUT2D eigenvalue weighted by molar-refractivity contribution is 0.236. The van der Waals surface area contributed by atoms with Gasteiger partial charge in [-0.15, -0.1) is 0 Å². The number of pyridine rings is 1. The van der Waals surface area contributed by atoms with Gasteiger partial charge in [-0.05, 0) is 37.6 Å². The molecule has 0 bridgehead atoms. The standard InChI is InChI=1S/C16H16N6O/c1-9(2)23-15-13-12(8-18-14(13)20-16(17)21-15)10-4-6-22-11(7-10)3-5-19-22/h3-9H,1-2H3,(H3,17,18,20,21). The second kappa shape index (κ2) is 4.98. The molecule has 0 fully saturated rings. The highest BCUT2D eigenvalue weighted by Crippen LogP contribution is 2.34. The summed E-state index contributed by atoms with van der Waals surface area (Å²) in [5.74, 6) is 0.680. The molecule has 7 heteroatoms. The molecule has 23 heavy (non-hydrogen) atoms. The first-order chi connectivity index (χ1) is 11.1. The van der Waals surface area contributed by atoms with Gasteiger partial charge in [0.15, 0.2) is 0 Å². The van der Waals surface area contributed by atoms with E-state index in [1.807, 2.05) is 42.9 Å².